The van der Waals surface area contributed by atoms with E-state index in [0.717, 1.165) is 0 Å². The first-order valence-electron chi connectivity index (χ1n) is 4.52. The number of hydrogen-bond donors (Lipinski definition) is 1. The van der Waals surface area contributed by atoms with Crippen LogP contribution in [-0.2, 0) is 4.79 Å². The summed E-state index contributed by atoms with van der Waals surface area (Å²) in [5.74, 6) is 5.44. The number of hydrogen-bond acceptors (Lipinski definition) is 3. The number of rotatable bonds is 2. The molecule has 0 aliphatic heterocycles. The fourth-order valence-electron chi connectivity index (χ4n) is 1.10. The highest BCUT2D eigenvalue weighted by Gasteiger charge is 2.01. The summed E-state index contributed by atoms with van der Waals surface area (Å²) in [5, 5.41) is 8.73. The van der Waals surface area contributed by atoms with E-state index in [1.54, 1.807) is 18.2 Å². The van der Waals surface area contributed by atoms with Crippen LogP contribution in [0.1, 0.15) is 17.5 Å². The predicted octanol–water partition coefficient (Wildman–Crippen LogP) is 0.794. The highest BCUT2D eigenvalue weighted by atomic mass is 16.5. The molecule has 0 unspecified atom stereocenters. The summed E-state index contributed by atoms with van der Waals surface area (Å²) in [5.41, 5.74) is 6.02. The molecule has 1 amide bonds. The maximum atomic E-state index is 10.5. The molecule has 0 saturated heterocycles. The Morgan fingerprint density at radius 2 is 2.31 bits per heavy atom. The SMILES string of the molecule is COc1ccc(C#N)cc1C#CCC(N)=O. The number of carbonyl (C=O) groups is 1. The second kappa shape index (κ2) is 5.43. The van der Waals surface area contributed by atoms with Crippen LogP contribution in [0.3, 0.4) is 0 Å². The van der Waals surface area contributed by atoms with Gasteiger partial charge < -0.3 is 10.5 Å². The average Bonchev–Trinajstić information content (AvgIpc) is 2.28. The van der Waals surface area contributed by atoms with Crippen molar-refractivity contribution in [2.45, 2.75) is 6.42 Å². The van der Waals surface area contributed by atoms with Crippen LogP contribution in [0, 0.1) is 23.2 Å². The monoisotopic (exact) mass is 214 g/mol. The molecule has 2 N–H and O–H groups in total. The highest BCUT2D eigenvalue weighted by Crippen LogP contribution is 2.18. The molecular formula is C12H10N2O2. The van der Waals surface area contributed by atoms with Gasteiger partial charge in [0.2, 0.25) is 5.91 Å². The van der Waals surface area contributed by atoms with Crippen LogP contribution in [0.4, 0.5) is 0 Å². The normalized spacial score (nSPS) is 8.50. The third-order valence-corrected chi connectivity index (χ3v) is 1.81. The van der Waals surface area contributed by atoms with Crippen molar-refractivity contribution in [1.29, 1.82) is 5.26 Å². The molecule has 0 bridgehead atoms. The topological polar surface area (TPSA) is 76.1 Å². The van der Waals surface area contributed by atoms with E-state index in [-0.39, 0.29) is 6.42 Å². The number of carbonyl (C=O) groups excluding carboxylic acids is 1. The lowest BCUT2D eigenvalue weighted by Gasteiger charge is -2.02. The molecule has 1 rings (SSSR count). The second-order valence-corrected chi connectivity index (χ2v) is 2.97. The summed E-state index contributed by atoms with van der Waals surface area (Å²) in [7, 11) is 1.51. The molecule has 1 aromatic rings. The Bertz CT molecular complexity index is 504. The van der Waals surface area contributed by atoms with Gasteiger partial charge in [0.05, 0.1) is 30.7 Å². The number of methoxy groups -OCH3 is 1. The molecule has 0 saturated carbocycles. The first kappa shape index (κ1) is 11.6. The zero-order chi connectivity index (χ0) is 12.0. The summed E-state index contributed by atoms with van der Waals surface area (Å²) in [6.07, 6.45) is -0.0140. The molecule has 0 radical (unpaired) electrons. The van der Waals surface area contributed by atoms with Crippen molar-refractivity contribution in [1.82, 2.24) is 0 Å². The van der Waals surface area contributed by atoms with Crippen molar-refractivity contribution < 1.29 is 9.53 Å². The standard InChI is InChI=1S/C12H10N2O2/c1-16-11-6-5-9(8-13)7-10(11)3-2-4-12(14)15/h5-7H,4H2,1H3,(H2,14,15). The average molecular weight is 214 g/mol. The zero-order valence-electron chi connectivity index (χ0n) is 8.78. The molecule has 0 atom stereocenters. The minimum atomic E-state index is -0.483. The van der Waals surface area contributed by atoms with E-state index in [4.69, 9.17) is 15.7 Å². The number of benzene rings is 1. The summed E-state index contributed by atoms with van der Waals surface area (Å²) in [6.45, 7) is 0. The van der Waals surface area contributed by atoms with E-state index in [0.29, 0.717) is 16.9 Å². The van der Waals surface area contributed by atoms with Crippen LogP contribution in [0.2, 0.25) is 0 Å². The third-order valence-electron chi connectivity index (χ3n) is 1.81. The summed E-state index contributed by atoms with van der Waals surface area (Å²) >= 11 is 0. The third kappa shape index (κ3) is 3.04. The van der Waals surface area contributed by atoms with Gasteiger partial charge in [-0.1, -0.05) is 11.8 Å². The number of nitriles is 1. The van der Waals surface area contributed by atoms with Crippen LogP contribution >= 0.6 is 0 Å². The number of primary amides is 1. The molecule has 0 fully saturated rings. The molecule has 0 aliphatic carbocycles. The van der Waals surface area contributed by atoms with Crippen LogP contribution < -0.4 is 10.5 Å². The lowest BCUT2D eigenvalue weighted by molar-refractivity contribution is -0.117. The van der Waals surface area contributed by atoms with Gasteiger partial charge in [0.25, 0.3) is 0 Å². The van der Waals surface area contributed by atoms with Gasteiger partial charge in [0.1, 0.15) is 5.75 Å². The molecule has 0 spiro atoms. The Morgan fingerprint density at radius 3 is 2.88 bits per heavy atom. The minimum Gasteiger partial charge on any atom is -0.495 e. The first-order valence-corrected chi connectivity index (χ1v) is 4.52. The van der Waals surface area contributed by atoms with Gasteiger partial charge in [-0.15, -0.1) is 0 Å². The fourth-order valence-corrected chi connectivity index (χ4v) is 1.10. The lowest BCUT2D eigenvalue weighted by atomic mass is 10.1. The first-order chi connectivity index (χ1) is 7.67. The number of nitrogens with two attached hydrogens (primary N) is 1. The Balaban J connectivity index is 3.04. The lowest BCUT2D eigenvalue weighted by Crippen LogP contribution is -2.08. The largest absolute Gasteiger partial charge is 0.495 e. The van der Waals surface area contributed by atoms with Gasteiger partial charge >= 0.3 is 0 Å². The van der Waals surface area contributed by atoms with Crippen LogP contribution in [0.15, 0.2) is 18.2 Å². The van der Waals surface area contributed by atoms with Crippen molar-refractivity contribution >= 4 is 5.91 Å². The van der Waals surface area contributed by atoms with E-state index >= 15 is 0 Å². The molecular weight excluding hydrogens is 204 g/mol. The Hall–Kier alpha value is -2.46. The van der Waals surface area contributed by atoms with Crippen molar-refractivity contribution in [2.75, 3.05) is 7.11 Å². The zero-order valence-corrected chi connectivity index (χ0v) is 8.78. The maximum absolute atomic E-state index is 10.5. The van der Waals surface area contributed by atoms with Crippen LogP contribution in [-0.4, -0.2) is 13.0 Å². The number of amides is 1. The molecule has 0 aromatic heterocycles. The Kier molecular flexibility index (Phi) is 3.94. The van der Waals surface area contributed by atoms with E-state index in [1.807, 2.05) is 6.07 Å². The molecule has 4 nitrogen and oxygen atoms in total. The fraction of sp³-hybridized carbons (Fsp3) is 0.167. The van der Waals surface area contributed by atoms with E-state index in [1.165, 1.54) is 7.11 Å². The van der Waals surface area contributed by atoms with Gasteiger partial charge in [-0.25, -0.2) is 0 Å². The highest BCUT2D eigenvalue weighted by molar-refractivity contribution is 5.76. The van der Waals surface area contributed by atoms with Gasteiger partial charge in [-0.3, -0.25) is 4.79 Å². The molecule has 1 aromatic carbocycles. The summed E-state index contributed by atoms with van der Waals surface area (Å²) < 4.78 is 5.07. The number of ether oxygens (including phenoxy) is 1. The maximum Gasteiger partial charge on any atom is 0.229 e. The van der Waals surface area contributed by atoms with Crippen molar-refractivity contribution in [3.63, 3.8) is 0 Å². The van der Waals surface area contributed by atoms with Gasteiger partial charge in [-0.2, -0.15) is 5.26 Å². The smallest absolute Gasteiger partial charge is 0.229 e. The summed E-state index contributed by atoms with van der Waals surface area (Å²) in [6, 6.07) is 6.90. The quantitative estimate of drug-likeness (QED) is 0.739. The number of nitrogens with zero attached hydrogens (tertiary/aromatic N) is 1. The predicted molar refractivity (Wildman–Crippen MR) is 58.4 cm³/mol. The van der Waals surface area contributed by atoms with E-state index < -0.39 is 5.91 Å². The van der Waals surface area contributed by atoms with Crippen LogP contribution in [0.5, 0.6) is 5.75 Å². The van der Waals surface area contributed by atoms with E-state index in [2.05, 4.69) is 11.8 Å². The second-order valence-electron chi connectivity index (χ2n) is 2.97. The van der Waals surface area contributed by atoms with Crippen molar-refractivity contribution in [3.05, 3.63) is 29.3 Å². The van der Waals surface area contributed by atoms with Gasteiger partial charge in [0.15, 0.2) is 0 Å². The Morgan fingerprint density at radius 1 is 1.56 bits per heavy atom. The molecule has 0 aliphatic rings. The molecule has 16 heavy (non-hydrogen) atoms. The van der Waals surface area contributed by atoms with Gasteiger partial charge in [-0.05, 0) is 18.2 Å². The Labute approximate surface area is 93.6 Å². The molecule has 4 heteroatoms. The minimum absolute atomic E-state index is 0.0140. The van der Waals surface area contributed by atoms with Crippen molar-refractivity contribution in [2.24, 2.45) is 5.73 Å². The molecule has 0 heterocycles. The van der Waals surface area contributed by atoms with Gasteiger partial charge in [0, 0.05) is 0 Å². The van der Waals surface area contributed by atoms with Crippen molar-refractivity contribution in [3.8, 4) is 23.7 Å². The van der Waals surface area contributed by atoms with E-state index in [9.17, 15) is 4.79 Å². The summed E-state index contributed by atoms with van der Waals surface area (Å²) in [4.78, 5) is 10.5. The van der Waals surface area contributed by atoms with Crippen LogP contribution in [0.25, 0.3) is 0 Å². The molecule has 80 valence electrons.